The van der Waals surface area contributed by atoms with Crippen LogP contribution in [-0.4, -0.2) is 18.4 Å². The van der Waals surface area contributed by atoms with Gasteiger partial charge >= 0.3 is 0 Å². The van der Waals surface area contributed by atoms with E-state index in [4.69, 9.17) is 0 Å². The number of fused-ring (bicyclic) bond motifs is 1. The lowest BCUT2D eigenvalue weighted by Gasteiger charge is -2.19. The van der Waals surface area contributed by atoms with Crippen LogP contribution in [-0.2, 0) is 6.42 Å². The summed E-state index contributed by atoms with van der Waals surface area (Å²) in [5.74, 6) is -0.628. The molecule has 4 rings (SSSR count). The van der Waals surface area contributed by atoms with Crippen LogP contribution in [0.25, 0.3) is 0 Å². The van der Waals surface area contributed by atoms with E-state index in [0.29, 0.717) is 17.7 Å². The molecule has 0 radical (unpaired) electrons. The van der Waals surface area contributed by atoms with Gasteiger partial charge in [0.15, 0.2) is 0 Å². The first-order chi connectivity index (χ1) is 14.0. The van der Waals surface area contributed by atoms with E-state index < -0.39 is 0 Å². The van der Waals surface area contributed by atoms with Gasteiger partial charge in [0.1, 0.15) is 5.82 Å². The van der Waals surface area contributed by atoms with Gasteiger partial charge in [0.05, 0.1) is 6.04 Å². The van der Waals surface area contributed by atoms with E-state index in [0.717, 1.165) is 23.2 Å². The molecule has 1 N–H and O–H groups in total. The van der Waals surface area contributed by atoms with E-state index in [1.54, 1.807) is 4.90 Å². The molecule has 0 aromatic heterocycles. The number of carbonyl (C=O) groups is 2. The summed E-state index contributed by atoms with van der Waals surface area (Å²) in [5, 5.41) is 2.94. The molecule has 0 spiro atoms. The highest BCUT2D eigenvalue weighted by Crippen LogP contribution is 2.31. The quantitative estimate of drug-likeness (QED) is 0.714. The van der Waals surface area contributed by atoms with Crippen LogP contribution in [0, 0.1) is 5.82 Å². The molecule has 3 aromatic carbocycles. The van der Waals surface area contributed by atoms with Crippen LogP contribution in [0.5, 0.6) is 0 Å². The number of anilines is 1. The monoisotopic (exact) mass is 388 g/mol. The Kier molecular flexibility index (Phi) is 5.12. The number of nitrogens with one attached hydrogen (secondary N) is 1. The molecule has 0 saturated heterocycles. The minimum absolute atomic E-state index is 0.00485. The normalized spacial score (nSPS) is 13.7. The van der Waals surface area contributed by atoms with Crippen molar-refractivity contribution < 1.29 is 14.0 Å². The van der Waals surface area contributed by atoms with Crippen LogP contribution in [0.1, 0.15) is 44.8 Å². The molecule has 146 valence electrons. The fourth-order valence-corrected chi connectivity index (χ4v) is 3.60. The smallest absolute Gasteiger partial charge is 0.258 e. The van der Waals surface area contributed by atoms with Crippen LogP contribution in [0.3, 0.4) is 0 Å². The number of hydrogen-bond donors (Lipinski definition) is 1. The number of rotatable bonds is 4. The second kappa shape index (κ2) is 7.87. The summed E-state index contributed by atoms with van der Waals surface area (Å²) in [4.78, 5) is 27.0. The molecule has 0 saturated carbocycles. The van der Waals surface area contributed by atoms with Gasteiger partial charge in [-0.3, -0.25) is 9.59 Å². The van der Waals surface area contributed by atoms with Crippen molar-refractivity contribution in [3.8, 4) is 0 Å². The van der Waals surface area contributed by atoms with E-state index in [-0.39, 0.29) is 23.7 Å². The Balaban J connectivity index is 1.49. The average molecular weight is 388 g/mol. The first-order valence-electron chi connectivity index (χ1n) is 9.59. The Bertz CT molecular complexity index is 1050. The number of halogens is 1. The SMILES string of the molecule is CC(NC(=O)c1ccc(F)cc1)c1ccc2c(c1)CCN2C(=O)c1ccccc1. The molecular weight excluding hydrogens is 367 g/mol. The summed E-state index contributed by atoms with van der Waals surface area (Å²) in [5.41, 5.74) is 4.06. The highest BCUT2D eigenvalue weighted by Gasteiger charge is 2.26. The topological polar surface area (TPSA) is 49.4 Å². The second-order valence-corrected chi connectivity index (χ2v) is 7.16. The maximum atomic E-state index is 13.0. The average Bonchev–Trinajstić information content (AvgIpc) is 3.17. The predicted octanol–water partition coefficient (Wildman–Crippen LogP) is 4.52. The van der Waals surface area contributed by atoms with Crippen LogP contribution < -0.4 is 10.2 Å². The number of nitrogens with zero attached hydrogens (tertiary/aromatic N) is 1. The third-order valence-electron chi connectivity index (χ3n) is 5.22. The Labute approximate surface area is 169 Å². The van der Waals surface area contributed by atoms with Gasteiger partial charge in [-0.2, -0.15) is 0 Å². The fraction of sp³-hybridized carbons (Fsp3) is 0.167. The second-order valence-electron chi connectivity index (χ2n) is 7.16. The fourth-order valence-electron chi connectivity index (χ4n) is 3.60. The van der Waals surface area contributed by atoms with Gasteiger partial charge < -0.3 is 10.2 Å². The summed E-state index contributed by atoms with van der Waals surface area (Å²) in [6.45, 7) is 2.55. The van der Waals surface area contributed by atoms with Gasteiger partial charge in [0, 0.05) is 23.4 Å². The van der Waals surface area contributed by atoms with Crippen molar-refractivity contribution in [2.24, 2.45) is 0 Å². The van der Waals surface area contributed by atoms with Gasteiger partial charge in [-0.15, -0.1) is 0 Å². The maximum absolute atomic E-state index is 13.0. The van der Waals surface area contributed by atoms with Gasteiger partial charge in [-0.05, 0) is 66.9 Å². The van der Waals surface area contributed by atoms with Crippen molar-refractivity contribution in [1.82, 2.24) is 5.32 Å². The lowest BCUT2D eigenvalue weighted by atomic mass is 10.0. The molecule has 2 amide bonds. The van der Waals surface area contributed by atoms with Crippen molar-refractivity contribution in [3.63, 3.8) is 0 Å². The molecule has 1 atom stereocenters. The van der Waals surface area contributed by atoms with Crippen LogP contribution in [0.2, 0.25) is 0 Å². The summed E-state index contributed by atoms with van der Waals surface area (Å²) < 4.78 is 13.0. The number of carbonyl (C=O) groups excluding carboxylic acids is 2. The zero-order chi connectivity index (χ0) is 20.4. The Morgan fingerprint density at radius 1 is 0.966 bits per heavy atom. The number of amides is 2. The molecule has 1 unspecified atom stereocenters. The Morgan fingerprint density at radius 3 is 2.41 bits per heavy atom. The van der Waals surface area contributed by atoms with Crippen LogP contribution >= 0.6 is 0 Å². The van der Waals surface area contributed by atoms with Crippen LogP contribution in [0.15, 0.2) is 72.8 Å². The molecule has 3 aromatic rings. The van der Waals surface area contributed by atoms with Crippen molar-refractivity contribution >= 4 is 17.5 Å². The largest absolute Gasteiger partial charge is 0.346 e. The van der Waals surface area contributed by atoms with Gasteiger partial charge in [0.25, 0.3) is 11.8 Å². The zero-order valence-corrected chi connectivity index (χ0v) is 16.1. The van der Waals surface area contributed by atoms with Gasteiger partial charge in [-0.1, -0.05) is 30.3 Å². The van der Waals surface area contributed by atoms with Gasteiger partial charge in [-0.25, -0.2) is 4.39 Å². The van der Waals surface area contributed by atoms with Crippen molar-refractivity contribution in [1.29, 1.82) is 0 Å². The molecule has 1 aliphatic rings. The Morgan fingerprint density at radius 2 is 1.69 bits per heavy atom. The lowest BCUT2D eigenvalue weighted by molar-refractivity contribution is 0.0938. The summed E-state index contributed by atoms with van der Waals surface area (Å²) in [6.07, 6.45) is 0.778. The highest BCUT2D eigenvalue weighted by atomic mass is 19.1. The number of benzene rings is 3. The molecule has 0 bridgehead atoms. The highest BCUT2D eigenvalue weighted by molar-refractivity contribution is 6.07. The van der Waals surface area contributed by atoms with E-state index in [2.05, 4.69) is 5.32 Å². The third kappa shape index (κ3) is 3.90. The first-order valence-corrected chi connectivity index (χ1v) is 9.59. The van der Waals surface area contributed by atoms with Crippen molar-refractivity contribution in [3.05, 3.63) is 101 Å². The minimum Gasteiger partial charge on any atom is -0.346 e. The molecule has 1 aliphatic heterocycles. The first kappa shape index (κ1) is 18.9. The third-order valence-corrected chi connectivity index (χ3v) is 5.22. The van der Waals surface area contributed by atoms with Crippen molar-refractivity contribution in [2.45, 2.75) is 19.4 Å². The predicted molar refractivity (Wildman–Crippen MR) is 111 cm³/mol. The molecule has 29 heavy (non-hydrogen) atoms. The van der Waals surface area contributed by atoms with E-state index in [1.165, 1.54) is 24.3 Å². The zero-order valence-electron chi connectivity index (χ0n) is 16.1. The molecular formula is C24H21FN2O2. The summed E-state index contributed by atoms with van der Waals surface area (Å²) in [6, 6.07) is 20.4. The summed E-state index contributed by atoms with van der Waals surface area (Å²) in [7, 11) is 0. The van der Waals surface area contributed by atoms with Crippen LogP contribution in [0.4, 0.5) is 10.1 Å². The molecule has 0 fully saturated rings. The summed E-state index contributed by atoms with van der Waals surface area (Å²) >= 11 is 0. The Hall–Kier alpha value is -3.47. The minimum atomic E-state index is -0.372. The van der Waals surface area contributed by atoms with E-state index in [1.807, 2.05) is 55.5 Å². The maximum Gasteiger partial charge on any atom is 0.258 e. The molecule has 1 heterocycles. The van der Waals surface area contributed by atoms with Crippen molar-refractivity contribution in [2.75, 3.05) is 11.4 Å². The lowest BCUT2D eigenvalue weighted by Crippen LogP contribution is -2.29. The van der Waals surface area contributed by atoms with E-state index >= 15 is 0 Å². The number of hydrogen-bond acceptors (Lipinski definition) is 2. The molecule has 4 nitrogen and oxygen atoms in total. The van der Waals surface area contributed by atoms with E-state index in [9.17, 15) is 14.0 Å². The molecule has 0 aliphatic carbocycles. The standard InChI is InChI=1S/C24H21FN2O2/c1-16(26-23(28)17-7-10-21(25)11-8-17)19-9-12-22-20(15-19)13-14-27(22)24(29)18-5-3-2-4-6-18/h2-12,15-16H,13-14H2,1H3,(H,26,28). The van der Waals surface area contributed by atoms with Gasteiger partial charge in [0.2, 0.25) is 0 Å². The molecule has 5 heteroatoms.